The molecule has 2 aromatic rings. The van der Waals surface area contributed by atoms with Crippen LogP contribution < -0.4 is 10.1 Å². The summed E-state index contributed by atoms with van der Waals surface area (Å²) in [5.41, 5.74) is 0.737. The van der Waals surface area contributed by atoms with Crippen molar-refractivity contribution in [3.63, 3.8) is 0 Å². The number of hydrogen-bond donors (Lipinski definition) is 1. The van der Waals surface area contributed by atoms with Crippen LogP contribution in [-0.4, -0.2) is 23.3 Å². The number of halogens is 1. The lowest BCUT2D eigenvalue weighted by atomic mass is 10.3. The molecule has 1 N–H and O–H groups in total. The lowest BCUT2D eigenvalue weighted by Gasteiger charge is -2.10. The minimum atomic E-state index is -0.278. The average molecular weight is 265 g/mol. The molecule has 0 saturated carbocycles. The summed E-state index contributed by atoms with van der Waals surface area (Å²) in [5.74, 6) is 0.820. The molecule has 0 aliphatic heterocycles. The van der Waals surface area contributed by atoms with Crippen LogP contribution >= 0.6 is 11.8 Å². The highest BCUT2D eigenvalue weighted by atomic mass is 32.2. The van der Waals surface area contributed by atoms with Crippen molar-refractivity contribution < 1.29 is 9.13 Å². The van der Waals surface area contributed by atoms with Crippen molar-refractivity contribution in [2.45, 2.75) is 5.16 Å². The van der Waals surface area contributed by atoms with Gasteiger partial charge in [-0.3, -0.25) is 0 Å². The molecule has 2 rings (SSSR count). The highest BCUT2D eigenvalue weighted by Gasteiger charge is 2.07. The molecule has 1 heterocycles. The first-order valence-electron chi connectivity index (χ1n) is 5.20. The molecule has 1 aromatic carbocycles. The van der Waals surface area contributed by atoms with Crippen molar-refractivity contribution in [2.24, 2.45) is 0 Å². The van der Waals surface area contributed by atoms with Crippen molar-refractivity contribution in [3.8, 4) is 5.75 Å². The van der Waals surface area contributed by atoms with Gasteiger partial charge < -0.3 is 10.1 Å². The first-order valence-corrected chi connectivity index (χ1v) is 6.43. The zero-order chi connectivity index (χ0) is 13.0. The Morgan fingerprint density at radius 1 is 1.28 bits per heavy atom. The summed E-state index contributed by atoms with van der Waals surface area (Å²) in [6, 6.07) is 6.03. The molecular weight excluding hydrogens is 253 g/mol. The van der Waals surface area contributed by atoms with Crippen LogP contribution in [0.25, 0.3) is 0 Å². The van der Waals surface area contributed by atoms with E-state index in [2.05, 4.69) is 15.3 Å². The van der Waals surface area contributed by atoms with E-state index in [1.54, 1.807) is 25.4 Å². The van der Waals surface area contributed by atoms with Crippen LogP contribution in [-0.2, 0) is 0 Å². The number of ether oxygens (including phenoxy) is 1. The first kappa shape index (κ1) is 12.6. The molecule has 94 valence electrons. The second-order valence-corrected chi connectivity index (χ2v) is 4.18. The maximum atomic E-state index is 12.8. The predicted molar refractivity (Wildman–Crippen MR) is 70.0 cm³/mol. The van der Waals surface area contributed by atoms with Crippen molar-refractivity contribution in [1.82, 2.24) is 9.97 Å². The molecule has 1 aromatic heterocycles. The standard InChI is InChI=1S/C12H12FN3OS/c1-17-10-7-14-12(18-2)16-11(10)15-9-5-3-8(13)4-6-9/h3-7H,1-2H3,(H,14,15,16). The summed E-state index contributed by atoms with van der Waals surface area (Å²) in [6.07, 6.45) is 3.49. The smallest absolute Gasteiger partial charge is 0.189 e. The number of methoxy groups -OCH3 is 1. The summed E-state index contributed by atoms with van der Waals surface area (Å²) in [6.45, 7) is 0. The molecule has 0 amide bonds. The number of aromatic nitrogens is 2. The van der Waals surface area contributed by atoms with Gasteiger partial charge in [-0.1, -0.05) is 11.8 Å². The Labute approximate surface area is 109 Å². The van der Waals surface area contributed by atoms with E-state index in [1.807, 2.05) is 6.26 Å². The van der Waals surface area contributed by atoms with Crippen LogP contribution in [0.5, 0.6) is 5.75 Å². The number of thioether (sulfide) groups is 1. The first-order chi connectivity index (χ1) is 8.72. The van der Waals surface area contributed by atoms with Gasteiger partial charge in [0.25, 0.3) is 0 Å². The number of rotatable bonds is 4. The monoisotopic (exact) mass is 265 g/mol. The molecule has 18 heavy (non-hydrogen) atoms. The number of hydrogen-bond acceptors (Lipinski definition) is 5. The number of nitrogens with zero attached hydrogens (tertiary/aromatic N) is 2. The summed E-state index contributed by atoms with van der Waals surface area (Å²) < 4.78 is 18.0. The van der Waals surface area contributed by atoms with Gasteiger partial charge in [0.05, 0.1) is 13.3 Å². The molecule has 0 spiro atoms. The summed E-state index contributed by atoms with van der Waals surface area (Å²) in [5, 5.41) is 3.71. The van der Waals surface area contributed by atoms with Gasteiger partial charge in [-0.25, -0.2) is 14.4 Å². The van der Waals surface area contributed by atoms with Crippen LogP contribution in [0.15, 0.2) is 35.6 Å². The summed E-state index contributed by atoms with van der Waals surface area (Å²) in [4.78, 5) is 8.41. The molecule has 4 nitrogen and oxygen atoms in total. The average Bonchev–Trinajstić information content (AvgIpc) is 2.41. The van der Waals surface area contributed by atoms with E-state index in [0.717, 1.165) is 5.69 Å². The molecule has 6 heteroatoms. The number of benzene rings is 1. The van der Waals surface area contributed by atoms with Gasteiger partial charge in [-0.2, -0.15) is 0 Å². The van der Waals surface area contributed by atoms with Crippen LogP contribution in [0.1, 0.15) is 0 Å². The van der Waals surface area contributed by atoms with E-state index in [0.29, 0.717) is 16.7 Å². The highest BCUT2D eigenvalue weighted by molar-refractivity contribution is 7.98. The lowest BCUT2D eigenvalue weighted by Crippen LogP contribution is -2.00. The fourth-order valence-corrected chi connectivity index (χ4v) is 1.70. The van der Waals surface area contributed by atoms with Gasteiger partial charge >= 0.3 is 0 Å². The highest BCUT2D eigenvalue weighted by Crippen LogP contribution is 2.26. The maximum absolute atomic E-state index is 12.8. The quantitative estimate of drug-likeness (QED) is 0.680. The van der Waals surface area contributed by atoms with Gasteiger partial charge in [0.2, 0.25) is 0 Å². The molecule has 0 aliphatic carbocycles. The Hall–Kier alpha value is -1.82. The van der Waals surface area contributed by atoms with Crippen molar-refractivity contribution in [3.05, 3.63) is 36.3 Å². The number of anilines is 2. The Bertz CT molecular complexity index is 533. The molecule has 0 unspecified atom stereocenters. The van der Waals surface area contributed by atoms with Gasteiger partial charge in [0.15, 0.2) is 16.7 Å². The molecule has 0 fully saturated rings. The number of nitrogens with one attached hydrogen (secondary N) is 1. The van der Waals surface area contributed by atoms with E-state index < -0.39 is 0 Å². The van der Waals surface area contributed by atoms with Crippen molar-refractivity contribution in [1.29, 1.82) is 0 Å². The Morgan fingerprint density at radius 2 is 2.00 bits per heavy atom. The van der Waals surface area contributed by atoms with Crippen LogP contribution in [0.3, 0.4) is 0 Å². The predicted octanol–water partition coefficient (Wildman–Crippen LogP) is 3.09. The van der Waals surface area contributed by atoms with Gasteiger partial charge in [0, 0.05) is 5.69 Å². The fourth-order valence-electron chi connectivity index (χ4n) is 1.36. The Morgan fingerprint density at radius 3 is 2.61 bits per heavy atom. The topological polar surface area (TPSA) is 47.0 Å². The van der Waals surface area contributed by atoms with E-state index in [1.165, 1.54) is 23.9 Å². The molecular formula is C12H12FN3OS. The lowest BCUT2D eigenvalue weighted by molar-refractivity contribution is 0.411. The molecule has 0 aliphatic rings. The third-order valence-corrected chi connectivity index (χ3v) is 2.80. The van der Waals surface area contributed by atoms with E-state index in [4.69, 9.17) is 4.74 Å². The third-order valence-electron chi connectivity index (χ3n) is 2.24. The largest absolute Gasteiger partial charge is 0.491 e. The van der Waals surface area contributed by atoms with Gasteiger partial charge in [-0.15, -0.1) is 0 Å². The molecule has 0 atom stereocenters. The van der Waals surface area contributed by atoms with Gasteiger partial charge in [0.1, 0.15) is 5.82 Å². The SMILES string of the molecule is COc1cnc(SC)nc1Nc1ccc(F)cc1. The second kappa shape index (κ2) is 5.68. The fraction of sp³-hybridized carbons (Fsp3) is 0.167. The minimum absolute atomic E-state index is 0.278. The second-order valence-electron chi connectivity index (χ2n) is 3.41. The van der Waals surface area contributed by atoms with Crippen LogP contribution in [0, 0.1) is 5.82 Å². The van der Waals surface area contributed by atoms with Crippen LogP contribution in [0.2, 0.25) is 0 Å². The Kier molecular flexibility index (Phi) is 3.99. The third kappa shape index (κ3) is 2.89. The zero-order valence-corrected chi connectivity index (χ0v) is 10.8. The summed E-state index contributed by atoms with van der Waals surface area (Å²) >= 11 is 1.44. The molecule has 0 saturated heterocycles. The van der Waals surface area contributed by atoms with E-state index in [9.17, 15) is 4.39 Å². The van der Waals surface area contributed by atoms with E-state index in [-0.39, 0.29) is 5.82 Å². The van der Waals surface area contributed by atoms with Crippen molar-refractivity contribution in [2.75, 3.05) is 18.7 Å². The van der Waals surface area contributed by atoms with Crippen molar-refractivity contribution >= 4 is 23.3 Å². The summed E-state index contributed by atoms with van der Waals surface area (Å²) in [7, 11) is 1.55. The molecule has 0 radical (unpaired) electrons. The molecule has 0 bridgehead atoms. The minimum Gasteiger partial charge on any atom is -0.491 e. The van der Waals surface area contributed by atoms with E-state index >= 15 is 0 Å². The Balaban J connectivity index is 2.29. The van der Waals surface area contributed by atoms with Gasteiger partial charge in [-0.05, 0) is 30.5 Å². The normalized spacial score (nSPS) is 10.2. The maximum Gasteiger partial charge on any atom is 0.189 e. The van der Waals surface area contributed by atoms with Crippen LogP contribution in [0.4, 0.5) is 15.9 Å². The zero-order valence-electron chi connectivity index (χ0n) is 9.98.